The van der Waals surface area contributed by atoms with Crippen LogP contribution in [0.1, 0.15) is 41.4 Å². The fourth-order valence-electron chi connectivity index (χ4n) is 3.73. The van der Waals surface area contributed by atoms with Crippen LogP contribution in [-0.4, -0.2) is 36.1 Å². The molecule has 6 nitrogen and oxygen atoms in total. The standard InChI is InChI=1S/C20H24N4O2/c1-13-17-10-18(25)24(12-14-5-7-16(26-2)8-6-14)20(17)23-19(22-13)15-4-3-9-21-11-15/h5-8,15,21H,3-4,9-12H2,1-2H3/t15-/m0/s1. The minimum atomic E-state index is 0.0899. The second-order valence-corrected chi connectivity index (χ2v) is 7.02. The highest BCUT2D eigenvalue weighted by atomic mass is 16.5. The zero-order valence-electron chi connectivity index (χ0n) is 15.3. The van der Waals surface area contributed by atoms with Crippen LogP contribution < -0.4 is 15.0 Å². The van der Waals surface area contributed by atoms with Crippen molar-refractivity contribution in [3.05, 3.63) is 46.9 Å². The van der Waals surface area contributed by atoms with Gasteiger partial charge in [0.05, 0.1) is 20.1 Å². The minimum absolute atomic E-state index is 0.0899. The number of carbonyl (C=O) groups is 1. The smallest absolute Gasteiger partial charge is 0.233 e. The Kier molecular flexibility index (Phi) is 4.59. The largest absolute Gasteiger partial charge is 0.497 e. The Hall–Kier alpha value is -2.47. The molecule has 1 amide bonds. The molecule has 0 aliphatic carbocycles. The maximum Gasteiger partial charge on any atom is 0.233 e. The summed E-state index contributed by atoms with van der Waals surface area (Å²) in [5.74, 6) is 2.88. The van der Waals surface area contributed by atoms with Gasteiger partial charge in [-0.25, -0.2) is 9.97 Å². The number of piperidine rings is 1. The maximum atomic E-state index is 12.6. The lowest BCUT2D eigenvalue weighted by Crippen LogP contribution is -2.30. The van der Waals surface area contributed by atoms with Gasteiger partial charge >= 0.3 is 0 Å². The molecule has 0 spiro atoms. The van der Waals surface area contributed by atoms with Crippen LogP contribution in [0.15, 0.2) is 24.3 Å². The van der Waals surface area contributed by atoms with Crippen molar-refractivity contribution in [1.82, 2.24) is 15.3 Å². The van der Waals surface area contributed by atoms with Crippen molar-refractivity contribution in [2.24, 2.45) is 0 Å². The first-order valence-electron chi connectivity index (χ1n) is 9.17. The highest BCUT2D eigenvalue weighted by molar-refractivity contribution is 6.00. The summed E-state index contributed by atoms with van der Waals surface area (Å²) in [6.07, 6.45) is 2.62. The molecule has 136 valence electrons. The van der Waals surface area contributed by atoms with Crippen molar-refractivity contribution in [3.63, 3.8) is 0 Å². The van der Waals surface area contributed by atoms with Crippen LogP contribution in [0.25, 0.3) is 0 Å². The first-order valence-corrected chi connectivity index (χ1v) is 9.17. The normalized spacial score (nSPS) is 19.5. The number of methoxy groups -OCH3 is 1. The van der Waals surface area contributed by atoms with Gasteiger partial charge in [-0.15, -0.1) is 0 Å². The van der Waals surface area contributed by atoms with Gasteiger partial charge in [0.2, 0.25) is 5.91 Å². The SMILES string of the molecule is COc1ccc(CN2C(=O)Cc3c(C)nc([C@H]4CCCNC4)nc32)cc1. The maximum absolute atomic E-state index is 12.6. The van der Waals surface area contributed by atoms with Crippen molar-refractivity contribution in [3.8, 4) is 5.75 Å². The lowest BCUT2D eigenvalue weighted by atomic mass is 9.98. The quantitative estimate of drug-likeness (QED) is 0.915. The molecule has 1 aromatic carbocycles. The van der Waals surface area contributed by atoms with E-state index in [0.29, 0.717) is 18.9 Å². The fourth-order valence-corrected chi connectivity index (χ4v) is 3.73. The van der Waals surface area contributed by atoms with Crippen LogP contribution in [-0.2, 0) is 17.8 Å². The Labute approximate surface area is 153 Å². The van der Waals surface area contributed by atoms with Crippen LogP contribution in [0.4, 0.5) is 5.82 Å². The van der Waals surface area contributed by atoms with Crippen molar-refractivity contribution in [2.75, 3.05) is 25.1 Å². The molecule has 1 fully saturated rings. The molecule has 1 aromatic heterocycles. The molecule has 4 rings (SSSR count). The van der Waals surface area contributed by atoms with Crippen molar-refractivity contribution < 1.29 is 9.53 Å². The van der Waals surface area contributed by atoms with Crippen LogP contribution in [0.2, 0.25) is 0 Å². The third kappa shape index (κ3) is 3.17. The summed E-state index contributed by atoms with van der Waals surface area (Å²) < 4.78 is 5.21. The van der Waals surface area contributed by atoms with Crippen molar-refractivity contribution in [1.29, 1.82) is 0 Å². The van der Waals surface area contributed by atoms with Gasteiger partial charge in [-0.05, 0) is 44.0 Å². The Balaban J connectivity index is 1.63. The number of carbonyl (C=O) groups excluding carboxylic acids is 1. The molecule has 2 aromatic rings. The summed E-state index contributed by atoms with van der Waals surface area (Å²) >= 11 is 0. The third-order valence-corrected chi connectivity index (χ3v) is 5.26. The van der Waals surface area contributed by atoms with E-state index < -0.39 is 0 Å². The molecule has 1 atom stereocenters. The lowest BCUT2D eigenvalue weighted by molar-refractivity contribution is -0.117. The zero-order valence-corrected chi connectivity index (χ0v) is 15.3. The van der Waals surface area contributed by atoms with Crippen molar-refractivity contribution >= 4 is 11.7 Å². The van der Waals surface area contributed by atoms with E-state index >= 15 is 0 Å². The van der Waals surface area contributed by atoms with Gasteiger partial charge in [0, 0.05) is 23.7 Å². The van der Waals surface area contributed by atoms with E-state index in [1.807, 2.05) is 31.2 Å². The van der Waals surface area contributed by atoms with Crippen LogP contribution in [0.3, 0.4) is 0 Å². The number of rotatable bonds is 4. The second-order valence-electron chi connectivity index (χ2n) is 7.02. The minimum Gasteiger partial charge on any atom is -0.497 e. The van der Waals surface area contributed by atoms with E-state index in [1.165, 1.54) is 0 Å². The van der Waals surface area contributed by atoms with E-state index in [0.717, 1.165) is 60.1 Å². The third-order valence-electron chi connectivity index (χ3n) is 5.26. The number of aromatic nitrogens is 2. The Morgan fingerprint density at radius 1 is 1.27 bits per heavy atom. The number of amides is 1. The highest BCUT2D eigenvalue weighted by Crippen LogP contribution is 2.32. The summed E-state index contributed by atoms with van der Waals surface area (Å²) in [5, 5.41) is 3.42. The Morgan fingerprint density at radius 3 is 2.77 bits per heavy atom. The summed E-state index contributed by atoms with van der Waals surface area (Å²) in [6.45, 7) is 4.48. The van der Waals surface area contributed by atoms with Gasteiger partial charge in [0.25, 0.3) is 0 Å². The number of aryl methyl sites for hydroxylation is 1. The summed E-state index contributed by atoms with van der Waals surface area (Å²) in [6, 6.07) is 7.82. The number of hydrogen-bond acceptors (Lipinski definition) is 5. The first kappa shape index (κ1) is 17.0. The summed E-state index contributed by atoms with van der Waals surface area (Å²) in [5.41, 5.74) is 2.96. The molecular weight excluding hydrogens is 328 g/mol. The predicted molar refractivity (Wildman–Crippen MR) is 99.5 cm³/mol. The molecule has 0 bridgehead atoms. The van der Waals surface area contributed by atoms with Gasteiger partial charge in [0.1, 0.15) is 17.4 Å². The molecule has 26 heavy (non-hydrogen) atoms. The monoisotopic (exact) mass is 352 g/mol. The van der Waals surface area contributed by atoms with E-state index in [4.69, 9.17) is 14.7 Å². The van der Waals surface area contributed by atoms with Gasteiger partial charge < -0.3 is 10.1 Å². The molecule has 1 saturated heterocycles. The predicted octanol–water partition coefficient (Wildman–Crippen LogP) is 2.35. The van der Waals surface area contributed by atoms with Crippen molar-refractivity contribution in [2.45, 2.75) is 38.6 Å². The Bertz CT molecular complexity index is 813. The van der Waals surface area contributed by atoms with Gasteiger partial charge in [-0.2, -0.15) is 0 Å². The zero-order chi connectivity index (χ0) is 18.1. The van der Waals surface area contributed by atoms with E-state index in [2.05, 4.69) is 5.32 Å². The molecule has 3 heterocycles. The first-order chi connectivity index (χ1) is 12.7. The Morgan fingerprint density at radius 2 is 2.08 bits per heavy atom. The molecule has 0 unspecified atom stereocenters. The van der Waals surface area contributed by atoms with Crippen LogP contribution >= 0.6 is 0 Å². The lowest BCUT2D eigenvalue weighted by Gasteiger charge is -2.23. The molecular formula is C20H24N4O2. The number of benzene rings is 1. The van der Waals surface area contributed by atoms with Crippen LogP contribution in [0.5, 0.6) is 5.75 Å². The topological polar surface area (TPSA) is 67.3 Å². The van der Waals surface area contributed by atoms with E-state index in [9.17, 15) is 4.79 Å². The number of fused-ring (bicyclic) bond motifs is 1. The molecule has 0 radical (unpaired) electrons. The van der Waals surface area contributed by atoms with E-state index in [-0.39, 0.29) is 5.91 Å². The average Bonchev–Trinajstić information content (AvgIpc) is 2.99. The number of nitrogens with zero attached hydrogens (tertiary/aromatic N) is 3. The summed E-state index contributed by atoms with van der Waals surface area (Å²) in [7, 11) is 1.65. The molecule has 6 heteroatoms. The van der Waals surface area contributed by atoms with Gasteiger partial charge in [-0.1, -0.05) is 12.1 Å². The number of ether oxygens (including phenoxy) is 1. The highest BCUT2D eigenvalue weighted by Gasteiger charge is 2.32. The van der Waals surface area contributed by atoms with Crippen LogP contribution in [0, 0.1) is 6.92 Å². The van der Waals surface area contributed by atoms with Gasteiger partial charge in [0.15, 0.2) is 0 Å². The fraction of sp³-hybridized carbons (Fsp3) is 0.450. The average molecular weight is 352 g/mol. The molecule has 2 aliphatic rings. The van der Waals surface area contributed by atoms with E-state index in [1.54, 1.807) is 12.0 Å². The molecule has 1 N–H and O–H groups in total. The molecule has 2 aliphatic heterocycles. The second kappa shape index (κ2) is 7.03. The number of nitrogens with one attached hydrogen (secondary N) is 1. The van der Waals surface area contributed by atoms with Gasteiger partial charge in [-0.3, -0.25) is 9.69 Å². The number of anilines is 1. The molecule has 0 saturated carbocycles. The summed E-state index contributed by atoms with van der Waals surface area (Å²) in [4.78, 5) is 24.0. The number of hydrogen-bond donors (Lipinski definition) is 1.